The van der Waals surface area contributed by atoms with Crippen LogP contribution in [0.2, 0.25) is 0 Å². The normalized spacial score (nSPS) is 13.1. The molecule has 0 saturated heterocycles. The van der Waals surface area contributed by atoms with Crippen molar-refractivity contribution < 1.29 is 9.47 Å². The number of thioether (sulfide) groups is 1. The first kappa shape index (κ1) is 16.6. The molecule has 2 aromatic heterocycles. The van der Waals surface area contributed by atoms with E-state index in [0.717, 1.165) is 55.2 Å². The van der Waals surface area contributed by atoms with Crippen molar-refractivity contribution in [2.24, 2.45) is 5.92 Å². The molecule has 0 fully saturated rings. The van der Waals surface area contributed by atoms with E-state index in [-0.39, 0.29) is 6.79 Å². The fraction of sp³-hybridized carbons (Fsp3) is 0.389. The third-order valence-corrected chi connectivity index (χ3v) is 5.94. The number of hydrogen-bond donors (Lipinski definition) is 0. The van der Waals surface area contributed by atoms with Crippen LogP contribution >= 0.6 is 23.1 Å². The summed E-state index contributed by atoms with van der Waals surface area (Å²) in [6.45, 7) is 6.76. The van der Waals surface area contributed by atoms with Crippen molar-refractivity contribution in [3.05, 3.63) is 23.2 Å². The molecule has 1 aliphatic rings. The highest BCUT2D eigenvalue weighted by Crippen LogP contribution is 2.39. The van der Waals surface area contributed by atoms with Crippen LogP contribution in [0.3, 0.4) is 0 Å². The maximum absolute atomic E-state index is 5.49. The van der Waals surface area contributed by atoms with Gasteiger partial charge in [-0.25, -0.2) is 4.98 Å². The van der Waals surface area contributed by atoms with Gasteiger partial charge in [0.25, 0.3) is 0 Å². The summed E-state index contributed by atoms with van der Waals surface area (Å²) in [4.78, 5) is 4.71. The molecule has 0 unspecified atom stereocenters. The second-order valence-corrected chi connectivity index (χ2v) is 8.65. The number of thiazole rings is 1. The minimum atomic E-state index is 0.269. The van der Waals surface area contributed by atoms with Gasteiger partial charge in [-0.1, -0.05) is 13.8 Å². The van der Waals surface area contributed by atoms with Gasteiger partial charge in [-0.2, -0.15) is 0 Å². The SMILES string of the molecule is Cc1nc2c(SCCC(C)C)nnc(-c3ccc4c(c3)OCO4)c2s1. The molecule has 0 spiro atoms. The number of rotatable bonds is 5. The summed E-state index contributed by atoms with van der Waals surface area (Å²) < 4.78 is 12.0. The first-order valence-electron chi connectivity index (χ1n) is 8.28. The van der Waals surface area contributed by atoms with Crippen LogP contribution in [0.25, 0.3) is 21.5 Å². The molecule has 1 aliphatic heterocycles. The van der Waals surface area contributed by atoms with Crippen LogP contribution in [0.15, 0.2) is 23.2 Å². The topological polar surface area (TPSA) is 57.1 Å². The molecule has 130 valence electrons. The van der Waals surface area contributed by atoms with E-state index in [1.165, 1.54) is 0 Å². The van der Waals surface area contributed by atoms with Gasteiger partial charge in [0.1, 0.15) is 16.2 Å². The molecule has 4 rings (SSSR count). The van der Waals surface area contributed by atoms with Gasteiger partial charge in [0.05, 0.1) is 9.71 Å². The van der Waals surface area contributed by atoms with Crippen LogP contribution in [-0.4, -0.2) is 27.7 Å². The molecule has 0 atom stereocenters. The van der Waals surface area contributed by atoms with Gasteiger partial charge in [-0.3, -0.25) is 0 Å². The van der Waals surface area contributed by atoms with E-state index in [9.17, 15) is 0 Å². The van der Waals surface area contributed by atoms with Crippen molar-refractivity contribution in [3.8, 4) is 22.8 Å². The van der Waals surface area contributed by atoms with Crippen LogP contribution in [0.4, 0.5) is 0 Å². The zero-order valence-electron chi connectivity index (χ0n) is 14.4. The maximum atomic E-state index is 5.49. The number of ether oxygens (including phenoxy) is 2. The number of aryl methyl sites for hydroxylation is 1. The molecule has 25 heavy (non-hydrogen) atoms. The van der Waals surface area contributed by atoms with Crippen molar-refractivity contribution in [1.82, 2.24) is 15.2 Å². The second kappa shape index (κ2) is 6.80. The van der Waals surface area contributed by atoms with Gasteiger partial charge >= 0.3 is 0 Å². The van der Waals surface area contributed by atoms with Crippen molar-refractivity contribution in [1.29, 1.82) is 0 Å². The van der Waals surface area contributed by atoms with Gasteiger partial charge in [0.15, 0.2) is 11.5 Å². The lowest BCUT2D eigenvalue weighted by molar-refractivity contribution is 0.174. The van der Waals surface area contributed by atoms with Crippen LogP contribution in [0.5, 0.6) is 11.5 Å². The van der Waals surface area contributed by atoms with E-state index in [4.69, 9.17) is 14.5 Å². The van der Waals surface area contributed by atoms with Gasteiger partial charge in [-0.05, 0) is 43.2 Å². The van der Waals surface area contributed by atoms with Crippen molar-refractivity contribution in [3.63, 3.8) is 0 Å². The summed E-state index contributed by atoms with van der Waals surface area (Å²) in [6, 6.07) is 5.88. The highest BCUT2D eigenvalue weighted by molar-refractivity contribution is 7.99. The van der Waals surface area contributed by atoms with Crippen molar-refractivity contribution >= 4 is 33.3 Å². The van der Waals surface area contributed by atoms with Crippen LogP contribution in [-0.2, 0) is 0 Å². The highest BCUT2D eigenvalue weighted by atomic mass is 32.2. The minimum Gasteiger partial charge on any atom is -0.454 e. The molecule has 1 aromatic carbocycles. The Morgan fingerprint density at radius 3 is 2.88 bits per heavy atom. The Balaban J connectivity index is 1.73. The summed E-state index contributed by atoms with van der Waals surface area (Å²) in [5.74, 6) is 3.24. The lowest BCUT2D eigenvalue weighted by Crippen LogP contribution is -1.95. The third-order valence-electron chi connectivity index (χ3n) is 3.97. The van der Waals surface area contributed by atoms with E-state index in [1.807, 2.05) is 25.1 Å². The lowest BCUT2D eigenvalue weighted by atomic mass is 10.1. The Morgan fingerprint density at radius 2 is 2.04 bits per heavy atom. The molecule has 5 nitrogen and oxygen atoms in total. The summed E-state index contributed by atoms with van der Waals surface area (Å²) >= 11 is 3.40. The zero-order chi connectivity index (χ0) is 17.4. The Hall–Kier alpha value is -1.86. The fourth-order valence-electron chi connectivity index (χ4n) is 2.64. The number of fused-ring (bicyclic) bond motifs is 2. The maximum Gasteiger partial charge on any atom is 0.231 e. The molecule has 0 radical (unpaired) electrons. The predicted octanol–water partition coefficient (Wildman–Crippen LogP) is 4.93. The highest BCUT2D eigenvalue weighted by Gasteiger charge is 2.19. The van der Waals surface area contributed by atoms with Gasteiger partial charge in [-0.15, -0.1) is 33.3 Å². The molecule has 3 aromatic rings. The fourth-order valence-corrected chi connectivity index (χ4v) is 4.80. The number of nitrogens with zero attached hydrogens (tertiary/aromatic N) is 3. The van der Waals surface area contributed by atoms with Crippen LogP contribution in [0.1, 0.15) is 25.3 Å². The Kier molecular flexibility index (Phi) is 4.52. The predicted molar refractivity (Wildman–Crippen MR) is 102 cm³/mol. The Morgan fingerprint density at radius 1 is 1.20 bits per heavy atom. The third kappa shape index (κ3) is 3.30. The van der Waals surface area contributed by atoms with Gasteiger partial charge in [0.2, 0.25) is 6.79 Å². The zero-order valence-corrected chi connectivity index (χ0v) is 16.0. The monoisotopic (exact) mass is 373 g/mol. The van der Waals surface area contributed by atoms with Crippen LogP contribution in [0, 0.1) is 12.8 Å². The number of aromatic nitrogens is 3. The molecule has 7 heteroatoms. The lowest BCUT2D eigenvalue weighted by Gasteiger charge is -2.07. The van der Waals surface area contributed by atoms with E-state index in [1.54, 1.807) is 23.1 Å². The molecule has 0 saturated carbocycles. The second-order valence-electron chi connectivity index (χ2n) is 6.36. The Labute approximate surface area is 154 Å². The molecule has 0 aliphatic carbocycles. The summed E-state index contributed by atoms with van der Waals surface area (Å²) in [7, 11) is 0. The van der Waals surface area contributed by atoms with E-state index in [0.29, 0.717) is 5.92 Å². The van der Waals surface area contributed by atoms with Crippen LogP contribution < -0.4 is 9.47 Å². The quantitative estimate of drug-likeness (QED) is 0.591. The molecular weight excluding hydrogens is 354 g/mol. The summed E-state index contributed by atoms with van der Waals surface area (Å²) in [5.41, 5.74) is 2.79. The first-order valence-corrected chi connectivity index (χ1v) is 10.1. The van der Waals surface area contributed by atoms with E-state index in [2.05, 4.69) is 24.0 Å². The molecule has 0 bridgehead atoms. The Bertz CT molecular complexity index is 924. The number of benzene rings is 1. The average molecular weight is 374 g/mol. The van der Waals surface area contributed by atoms with E-state index < -0.39 is 0 Å². The average Bonchev–Trinajstić information content (AvgIpc) is 3.19. The molecule has 0 N–H and O–H groups in total. The van der Waals surface area contributed by atoms with Gasteiger partial charge in [0, 0.05) is 5.56 Å². The smallest absolute Gasteiger partial charge is 0.231 e. The summed E-state index contributed by atoms with van der Waals surface area (Å²) in [6.07, 6.45) is 1.15. The minimum absolute atomic E-state index is 0.269. The largest absolute Gasteiger partial charge is 0.454 e. The van der Waals surface area contributed by atoms with E-state index >= 15 is 0 Å². The van der Waals surface area contributed by atoms with Gasteiger partial charge < -0.3 is 9.47 Å². The summed E-state index contributed by atoms with van der Waals surface area (Å²) in [5, 5.41) is 10.9. The first-order chi connectivity index (χ1) is 12.1. The number of hydrogen-bond acceptors (Lipinski definition) is 7. The molecular formula is C18H19N3O2S2. The standard InChI is InChI=1S/C18H19N3O2S2/c1-10(2)6-7-24-18-16-17(25-11(3)19-16)15(20-21-18)12-4-5-13-14(8-12)23-9-22-13/h4-5,8,10H,6-7,9H2,1-3H3. The van der Waals surface area contributed by atoms with Crippen molar-refractivity contribution in [2.75, 3.05) is 12.5 Å². The molecule has 3 heterocycles. The van der Waals surface area contributed by atoms with Crippen molar-refractivity contribution in [2.45, 2.75) is 32.2 Å². The molecule has 0 amide bonds.